The molecular formula is C2H8BNaO6. The summed E-state index contributed by atoms with van der Waals surface area (Å²) >= 11 is 0. The Morgan fingerprint density at radius 1 is 1.40 bits per heavy atom. The second-order valence-electron chi connectivity index (χ2n) is 0.929. The average molecular weight is 162 g/mol. The van der Waals surface area contributed by atoms with Gasteiger partial charge in [-0.2, -0.15) is 5.26 Å². The molecule has 0 fully saturated rings. The van der Waals surface area contributed by atoms with Crippen LogP contribution < -0.4 is 0 Å². The van der Waals surface area contributed by atoms with E-state index in [1.165, 1.54) is 0 Å². The molecule has 0 bridgehead atoms. The molecule has 10 heavy (non-hydrogen) atoms. The van der Waals surface area contributed by atoms with E-state index in [2.05, 4.69) is 4.89 Å². The van der Waals surface area contributed by atoms with E-state index in [9.17, 15) is 4.79 Å². The van der Waals surface area contributed by atoms with Gasteiger partial charge in [0, 0.05) is 6.92 Å². The van der Waals surface area contributed by atoms with E-state index in [4.69, 9.17) is 20.3 Å². The summed E-state index contributed by atoms with van der Waals surface area (Å²) < 4.78 is 0. The molecule has 0 aromatic rings. The SMILES string of the molecule is CC(=O)OO.OB(O)O.[NaH]. The van der Waals surface area contributed by atoms with Gasteiger partial charge in [-0.15, -0.1) is 0 Å². The summed E-state index contributed by atoms with van der Waals surface area (Å²) in [6.07, 6.45) is 0. The van der Waals surface area contributed by atoms with Crippen molar-refractivity contribution in [1.29, 1.82) is 0 Å². The number of hydrogen-bond donors (Lipinski definition) is 4. The van der Waals surface area contributed by atoms with Crippen molar-refractivity contribution in [2.75, 3.05) is 0 Å². The van der Waals surface area contributed by atoms with Gasteiger partial charge in [-0.25, -0.2) is 4.79 Å². The Hall–Kier alpha value is 0.375. The van der Waals surface area contributed by atoms with E-state index in [0.29, 0.717) is 0 Å². The maximum absolute atomic E-state index is 9.34. The Morgan fingerprint density at radius 3 is 1.50 bits per heavy atom. The number of carbonyl (C=O) groups is 1. The van der Waals surface area contributed by atoms with Gasteiger partial charge in [0.25, 0.3) is 0 Å². The topological polar surface area (TPSA) is 107 Å². The zero-order chi connectivity index (χ0) is 7.86. The van der Waals surface area contributed by atoms with Crippen LogP contribution in [0.15, 0.2) is 0 Å². The Kier molecular flexibility index (Phi) is 20.3. The third-order valence-corrected chi connectivity index (χ3v) is 0.129. The van der Waals surface area contributed by atoms with Crippen LogP contribution in [0.3, 0.4) is 0 Å². The molecule has 56 valence electrons. The standard InChI is InChI=1S/C2H4O3.BH3O3.Na.H/c1-2(3)5-4;2-1(3)4;;/h4H,1H3;2-4H;;. The Morgan fingerprint density at radius 2 is 1.50 bits per heavy atom. The van der Waals surface area contributed by atoms with E-state index in [-0.39, 0.29) is 29.6 Å². The monoisotopic (exact) mass is 162 g/mol. The van der Waals surface area contributed by atoms with Gasteiger partial charge in [0.15, 0.2) is 0 Å². The van der Waals surface area contributed by atoms with Crippen LogP contribution in [0, 0.1) is 0 Å². The van der Waals surface area contributed by atoms with Crippen molar-refractivity contribution in [1.82, 2.24) is 0 Å². The first-order chi connectivity index (χ1) is 4.00. The molecule has 0 rings (SSSR count). The molecular weight excluding hydrogens is 154 g/mol. The summed E-state index contributed by atoms with van der Waals surface area (Å²) in [6.45, 7) is 1.11. The second-order valence-corrected chi connectivity index (χ2v) is 0.929. The van der Waals surface area contributed by atoms with Crippen LogP contribution in [0.5, 0.6) is 0 Å². The van der Waals surface area contributed by atoms with Gasteiger partial charge in [-0.3, -0.25) is 0 Å². The van der Waals surface area contributed by atoms with Crippen molar-refractivity contribution in [2.45, 2.75) is 6.92 Å². The molecule has 0 saturated heterocycles. The van der Waals surface area contributed by atoms with Crippen LogP contribution in [0.2, 0.25) is 0 Å². The number of rotatable bonds is 0. The summed E-state index contributed by atoms with van der Waals surface area (Å²) in [5, 5.41) is 28.8. The van der Waals surface area contributed by atoms with Gasteiger partial charge in [0.2, 0.25) is 0 Å². The van der Waals surface area contributed by atoms with Crippen LogP contribution in [0.1, 0.15) is 6.92 Å². The third-order valence-electron chi connectivity index (χ3n) is 0.129. The van der Waals surface area contributed by atoms with Gasteiger partial charge < -0.3 is 20.0 Å². The number of carbonyl (C=O) groups excluding carboxylic acids is 1. The second kappa shape index (κ2) is 12.1. The molecule has 8 heteroatoms. The molecule has 4 N–H and O–H groups in total. The van der Waals surface area contributed by atoms with E-state index < -0.39 is 13.3 Å². The molecule has 0 atom stereocenters. The molecule has 0 radical (unpaired) electrons. The van der Waals surface area contributed by atoms with Crippen molar-refractivity contribution < 1.29 is 30.0 Å². The van der Waals surface area contributed by atoms with Crippen molar-refractivity contribution in [3.63, 3.8) is 0 Å². The van der Waals surface area contributed by atoms with Crippen molar-refractivity contribution >= 4 is 42.8 Å². The summed E-state index contributed by atoms with van der Waals surface area (Å²) in [5.41, 5.74) is 0. The van der Waals surface area contributed by atoms with E-state index in [1.807, 2.05) is 0 Å². The van der Waals surface area contributed by atoms with Crippen LogP contribution >= 0.6 is 0 Å². The Bertz CT molecular complexity index is 73.4. The first kappa shape index (κ1) is 16.8. The molecule has 6 nitrogen and oxygen atoms in total. The fraction of sp³-hybridized carbons (Fsp3) is 0.500. The first-order valence-corrected chi connectivity index (χ1v) is 1.87. The fourth-order valence-corrected chi connectivity index (χ4v) is 0. The minimum absolute atomic E-state index is 0. The molecule has 0 aliphatic heterocycles. The summed E-state index contributed by atoms with van der Waals surface area (Å²) in [6, 6.07) is 0. The van der Waals surface area contributed by atoms with E-state index in [0.717, 1.165) is 6.92 Å². The quantitative estimate of drug-likeness (QED) is 0.175. The maximum atomic E-state index is 9.34. The minimum atomic E-state index is -2.17. The molecule has 0 spiro atoms. The zero-order valence-electron chi connectivity index (χ0n) is 4.68. The van der Waals surface area contributed by atoms with Crippen LogP contribution in [0.4, 0.5) is 0 Å². The number of hydrogen-bond acceptors (Lipinski definition) is 6. The van der Waals surface area contributed by atoms with Crippen molar-refractivity contribution in [3.8, 4) is 0 Å². The van der Waals surface area contributed by atoms with Gasteiger partial charge in [0.05, 0.1) is 0 Å². The molecule has 0 heterocycles. The molecule has 0 saturated carbocycles. The van der Waals surface area contributed by atoms with E-state index in [1.54, 1.807) is 0 Å². The normalized spacial score (nSPS) is 6.10. The summed E-state index contributed by atoms with van der Waals surface area (Å²) in [5.74, 6) is -0.690. The van der Waals surface area contributed by atoms with Crippen LogP contribution in [-0.2, 0) is 9.68 Å². The van der Waals surface area contributed by atoms with Crippen LogP contribution in [0.25, 0.3) is 0 Å². The average Bonchev–Trinajstić information content (AvgIpc) is 1.65. The molecule has 0 amide bonds. The fourth-order valence-electron chi connectivity index (χ4n) is 0. The van der Waals surface area contributed by atoms with Gasteiger partial charge in [-0.05, 0) is 0 Å². The predicted octanol–water partition coefficient (Wildman–Crippen LogP) is -2.68. The zero-order valence-corrected chi connectivity index (χ0v) is 4.68. The Labute approximate surface area is 79.8 Å². The van der Waals surface area contributed by atoms with Gasteiger partial charge >= 0.3 is 42.8 Å². The van der Waals surface area contributed by atoms with Crippen molar-refractivity contribution in [3.05, 3.63) is 0 Å². The molecule has 0 aromatic heterocycles. The van der Waals surface area contributed by atoms with Crippen molar-refractivity contribution in [2.24, 2.45) is 0 Å². The predicted molar refractivity (Wildman–Crippen MR) is 34.0 cm³/mol. The third kappa shape index (κ3) is 80.8. The molecule has 0 unspecified atom stereocenters. The van der Waals surface area contributed by atoms with E-state index >= 15 is 0 Å². The van der Waals surface area contributed by atoms with Crippen LogP contribution in [-0.4, -0.2) is 63.2 Å². The van der Waals surface area contributed by atoms with Gasteiger partial charge in [-0.1, -0.05) is 0 Å². The van der Waals surface area contributed by atoms with Gasteiger partial charge in [0.1, 0.15) is 0 Å². The molecule has 0 aromatic carbocycles. The summed E-state index contributed by atoms with van der Waals surface area (Å²) in [7, 11) is -2.17. The Balaban J connectivity index is -0.0000000910. The molecule has 0 aliphatic carbocycles. The first-order valence-electron chi connectivity index (χ1n) is 1.87. The molecule has 0 aliphatic rings. The summed E-state index contributed by atoms with van der Waals surface area (Å²) in [4.78, 5) is 12.5.